The van der Waals surface area contributed by atoms with Gasteiger partial charge in [0.25, 0.3) is 5.91 Å². The maximum absolute atomic E-state index is 14.6. The number of amides is 3. The van der Waals surface area contributed by atoms with Crippen LogP contribution in [0.2, 0.25) is 5.02 Å². The van der Waals surface area contributed by atoms with Crippen molar-refractivity contribution in [3.05, 3.63) is 90.5 Å². The lowest BCUT2D eigenvalue weighted by Gasteiger charge is -2.37. The highest BCUT2D eigenvalue weighted by Gasteiger charge is 2.77. The Balaban J connectivity index is 1.48. The average molecular weight is 729 g/mol. The van der Waals surface area contributed by atoms with Crippen LogP contribution in [0.25, 0.3) is 0 Å². The maximum Gasteiger partial charge on any atom is 0.313 e. The van der Waals surface area contributed by atoms with E-state index < -0.39 is 53.5 Å². The zero-order chi connectivity index (χ0) is 33.7. The summed E-state index contributed by atoms with van der Waals surface area (Å²) in [4.78, 5) is 58.1. The number of likely N-dealkylation sites (tertiary alicyclic amines) is 1. The van der Waals surface area contributed by atoms with Crippen LogP contribution in [0, 0.1) is 11.8 Å². The molecule has 7 atom stereocenters. The van der Waals surface area contributed by atoms with Crippen LogP contribution in [0.5, 0.6) is 0 Å². The quantitative estimate of drug-likeness (QED) is 0.159. The molecule has 3 heterocycles. The van der Waals surface area contributed by atoms with E-state index in [-0.39, 0.29) is 49.8 Å². The molecule has 5 rings (SSSR count). The molecule has 3 fully saturated rings. The zero-order valence-electron chi connectivity index (χ0n) is 25.9. The number of alkyl halides is 1. The van der Waals surface area contributed by atoms with E-state index in [4.69, 9.17) is 21.1 Å². The van der Waals surface area contributed by atoms with Crippen LogP contribution in [0.4, 0.5) is 5.69 Å². The minimum atomic E-state index is -1.34. The summed E-state index contributed by atoms with van der Waals surface area (Å²) < 4.78 is 12.7. The largest absolute Gasteiger partial charge is 0.455 e. The topological polar surface area (TPSA) is 125 Å². The van der Waals surface area contributed by atoms with E-state index in [0.717, 1.165) is 0 Å². The third-order valence-electron chi connectivity index (χ3n) is 9.06. The number of aliphatic hydroxyl groups excluding tert-OH is 1. The van der Waals surface area contributed by atoms with E-state index in [1.165, 1.54) is 9.80 Å². The molecule has 250 valence electrons. The molecule has 3 saturated heterocycles. The first-order valence-electron chi connectivity index (χ1n) is 15.7. The minimum Gasteiger partial charge on any atom is -0.455 e. The molecule has 1 spiro atoms. The van der Waals surface area contributed by atoms with Crippen molar-refractivity contribution in [2.24, 2.45) is 11.8 Å². The Hall–Kier alpha value is -3.51. The molecule has 2 N–H and O–H groups in total. The van der Waals surface area contributed by atoms with Gasteiger partial charge in [-0.25, -0.2) is 0 Å². The number of ether oxygens (including phenoxy) is 2. The second-order valence-corrected chi connectivity index (χ2v) is 13.5. The highest BCUT2D eigenvalue weighted by molar-refractivity contribution is 9.09. The second-order valence-electron chi connectivity index (χ2n) is 11.9. The van der Waals surface area contributed by atoms with Crippen LogP contribution in [0.15, 0.2) is 79.9 Å². The summed E-state index contributed by atoms with van der Waals surface area (Å²) >= 11 is 10.2. The Morgan fingerprint density at radius 1 is 1.17 bits per heavy atom. The van der Waals surface area contributed by atoms with Gasteiger partial charge in [-0.2, -0.15) is 0 Å². The van der Waals surface area contributed by atoms with Gasteiger partial charge in [-0.1, -0.05) is 82.1 Å². The minimum absolute atomic E-state index is 0.0313. The summed E-state index contributed by atoms with van der Waals surface area (Å²) in [6.07, 6.45) is 2.95. The first-order valence-corrected chi connectivity index (χ1v) is 17.0. The summed E-state index contributed by atoms with van der Waals surface area (Å²) in [7, 11) is 0. The van der Waals surface area contributed by atoms with Crippen molar-refractivity contribution in [2.45, 2.75) is 54.4 Å². The van der Waals surface area contributed by atoms with Gasteiger partial charge >= 0.3 is 5.97 Å². The molecule has 3 aliphatic rings. The molecule has 12 heteroatoms. The third-order valence-corrected chi connectivity index (χ3v) is 10.2. The van der Waals surface area contributed by atoms with Gasteiger partial charge in [0.1, 0.15) is 17.7 Å². The number of carbonyl (C=O) groups excluding carboxylic acids is 4. The molecule has 3 aliphatic heterocycles. The molecule has 0 aliphatic carbocycles. The van der Waals surface area contributed by atoms with Crippen LogP contribution in [0.1, 0.15) is 37.4 Å². The normalized spacial score (nSPS) is 26.4. The van der Waals surface area contributed by atoms with Crippen molar-refractivity contribution in [3.8, 4) is 0 Å². The van der Waals surface area contributed by atoms with Gasteiger partial charge in [-0.05, 0) is 37.0 Å². The number of anilines is 1. The predicted molar refractivity (Wildman–Crippen MR) is 181 cm³/mol. The maximum atomic E-state index is 14.6. The summed E-state index contributed by atoms with van der Waals surface area (Å²) in [5.41, 5.74) is -0.212. The van der Waals surface area contributed by atoms with Gasteiger partial charge in [0.2, 0.25) is 11.8 Å². The summed E-state index contributed by atoms with van der Waals surface area (Å²) in [6, 6.07) is 14.9. The van der Waals surface area contributed by atoms with Crippen molar-refractivity contribution >= 4 is 56.9 Å². The number of rotatable bonds is 15. The van der Waals surface area contributed by atoms with Crippen molar-refractivity contribution < 1.29 is 33.8 Å². The lowest BCUT2D eigenvalue weighted by atomic mass is 9.70. The molecule has 1 unspecified atom stereocenters. The van der Waals surface area contributed by atoms with E-state index in [0.29, 0.717) is 29.1 Å². The van der Waals surface area contributed by atoms with Crippen molar-refractivity contribution in [3.63, 3.8) is 0 Å². The van der Waals surface area contributed by atoms with E-state index >= 15 is 0 Å². The summed E-state index contributed by atoms with van der Waals surface area (Å²) in [6.45, 7) is 7.50. The number of aliphatic hydroxyl groups is 1. The molecule has 10 nitrogen and oxygen atoms in total. The highest BCUT2D eigenvalue weighted by Crippen LogP contribution is 2.60. The van der Waals surface area contributed by atoms with E-state index in [1.54, 1.807) is 48.6 Å². The van der Waals surface area contributed by atoms with Gasteiger partial charge < -0.3 is 29.7 Å². The molecular formula is C35H39BrClN3O7. The molecular weight excluding hydrogens is 690 g/mol. The number of fused-ring (bicyclic) bond motifs is 1. The lowest BCUT2D eigenvalue weighted by molar-refractivity contribution is -0.160. The number of esters is 1. The van der Waals surface area contributed by atoms with Gasteiger partial charge in [-0.15, -0.1) is 13.2 Å². The monoisotopic (exact) mass is 727 g/mol. The van der Waals surface area contributed by atoms with E-state index in [1.807, 2.05) is 18.2 Å². The van der Waals surface area contributed by atoms with Crippen LogP contribution in [0.3, 0.4) is 0 Å². The van der Waals surface area contributed by atoms with Gasteiger partial charge in [0.05, 0.1) is 35.2 Å². The van der Waals surface area contributed by atoms with Crippen LogP contribution in [-0.2, 0) is 28.7 Å². The van der Waals surface area contributed by atoms with Crippen molar-refractivity contribution in [1.82, 2.24) is 10.2 Å². The number of benzene rings is 2. The fourth-order valence-electron chi connectivity index (χ4n) is 7.06. The number of nitrogens with one attached hydrogen (secondary N) is 1. The van der Waals surface area contributed by atoms with Gasteiger partial charge in [0, 0.05) is 30.9 Å². The average Bonchev–Trinajstić information content (AvgIpc) is 3.67. The highest BCUT2D eigenvalue weighted by atomic mass is 79.9. The van der Waals surface area contributed by atoms with Gasteiger partial charge in [-0.3, -0.25) is 19.2 Å². The SMILES string of the molecule is C=CCCC(=O)NC[C@H](OC(=O)[C@H]1[C@@H]2O[C@@]3(CC2Br)[C@@H]1C(=O)N(CCCO)[C@@H]3C(=O)N(CC=C)c1ccccc1Cl)c1ccccc1. The predicted octanol–water partition coefficient (Wildman–Crippen LogP) is 4.36. The first kappa shape index (κ1) is 34.8. The molecule has 0 aromatic heterocycles. The Labute approximate surface area is 287 Å². The molecule has 47 heavy (non-hydrogen) atoms. The first-order chi connectivity index (χ1) is 22.7. The molecule has 2 aromatic rings. The smallest absolute Gasteiger partial charge is 0.313 e. The van der Waals surface area contributed by atoms with Crippen LogP contribution < -0.4 is 10.2 Å². The van der Waals surface area contributed by atoms with E-state index in [2.05, 4.69) is 34.4 Å². The zero-order valence-corrected chi connectivity index (χ0v) is 28.3. The van der Waals surface area contributed by atoms with Crippen molar-refractivity contribution in [1.29, 1.82) is 0 Å². The fraction of sp³-hybridized carbons (Fsp3) is 0.429. The summed E-state index contributed by atoms with van der Waals surface area (Å²) in [5.74, 6) is -3.72. The molecule has 0 saturated carbocycles. The molecule has 2 bridgehead atoms. The van der Waals surface area contributed by atoms with Crippen LogP contribution >= 0.6 is 27.5 Å². The van der Waals surface area contributed by atoms with E-state index in [9.17, 15) is 24.3 Å². The Morgan fingerprint density at radius 3 is 2.57 bits per heavy atom. The second kappa shape index (κ2) is 15.1. The fourth-order valence-corrected chi connectivity index (χ4v) is 8.24. The number of para-hydroxylation sites is 1. The Morgan fingerprint density at radius 2 is 1.89 bits per heavy atom. The standard InChI is InChI=1S/C35H39BrClN3O7/c1-3-5-16-27(42)38-21-26(22-12-7-6-8-13-22)46-34(45)28-29-32(43)40(18-11-19-41)31(35(29)20-23(36)30(28)47-35)33(44)39(17-4-2)25-15-10-9-14-24(25)37/h3-4,6-10,12-15,23,26,28-31,41H,1-2,5,11,16-21H2,(H,38,42)/t23?,26-,28+,29-,30+,31+,35-/m0/s1. The third kappa shape index (κ3) is 6.76. The molecule has 2 aromatic carbocycles. The number of allylic oxidation sites excluding steroid dienone is 1. The molecule has 0 radical (unpaired) electrons. The number of carbonyl (C=O) groups is 4. The Bertz CT molecular complexity index is 1510. The Kier molecular flexibility index (Phi) is 11.2. The number of hydrogen-bond acceptors (Lipinski definition) is 7. The number of nitrogens with zero attached hydrogens (tertiary/aromatic N) is 2. The van der Waals surface area contributed by atoms with Crippen LogP contribution in [-0.4, -0.2) is 82.5 Å². The molecule has 3 amide bonds. The van der Waals surface area contributed by atoms with Gasteiger partial charge in [0.15, 0.2) is 0 Å². The van der Waals surface area contributed by atoms with Crippen molar-refractivity contribution in [2.75, 3.05) is 31.1 Å². The lowest BCUT2D eigenvalue weighted by Crippen LogP contribution is -2.57. The number of hydrogen-bond donors (Lipinski definition) is 2. The number of halogens is 2. The summed E-state index contributed by atoms with van der Waals surface area (Å²) in [5, 5.41) is 12.9.